The van der Waals surface area contributed by atoms with Gasteiger partial charge >= 0.3 is 0 Å². The van der Waals surface area contributed by atoms with Crippen LogP contribution in [0.4, 0.5) is 5.13 Å². The Hall–Kier alpha value is -1.92. The van der Waals surface area contributed by atoms with Crippen molar-refractivity contribution in [3.05, 3.63) is 48.7 Å². The Bertz CT molecular complexity index is 740. The summed E-state index contributed by atoms with van der Waals surface area (Å²) < 4.78 is 1.10. The van der Waals surface area contributed by atoms with Gasteiger partial charge in [0.05, 0.1) is 21.0 Å². The minimum atomic E-state index is 0.0530. The van der Waals surface area contributed by atoms with E-state index < -0.39 is 0 Å². The molecule has 0 saturated carbocycles. The highest BCUT2D eigenvalue weighted by molar-refractivity contribution is 7.99. The zero-order valence-electron chi connectivity index (χ0n) is 12.1. The van der Waals surface area contributed by atoms with Gasteiger partial charge in [0.15, 0.2) is 5.13 Å². The Morgan fingerprint density at radius 2 is 2.05 bits per heavy atom. The Labute approximate surface area is 137 Å². The molecule has 1 aromatic carbocycles. The normalized spacial score (nSPS) is 10.8. The first kappa shape index (κ1) is 15.0. The van der Waals surface area contributed by atoms with E-state index >= 15 is 0 Å². The van der Waals surface area contributed by atoms with Crippen LogP contribution < -0.4 is 4.90 Å². The number of amides is 1. The molecule has 6 heteroatoms. The Morgan fingerprint density at radius 1 is 1.23 bits per heavy atom. The molecule has 0 spiro atoms. The van der Waals surface area contributed by atoms with Gasteiger partial charge in [-0.05, 0) is 31.2 Å². The van der Waals surface area contributed by atoms with Gasteiger partial charge in [0.25, 0.3) is 0 Å². The monoisotopic (exact) mass is 329 g/mol. The summed E-state index contributed by atoms with van der Waals surface area (Å²) >= 11 is 3.00. The van der Waals surface area contributed by atoms with Crippen LogP contribution >= 0.6 is 23.1 Å². The van der Waals surface area contributed by atoms with Crippen molar-refractivity contribution in [3.8, 4) is 0 Å². The van der Waals surface area contributed by atoms with Crippen molar-refractivity contribution in [2.45, 2.75) is 11.9 Å². The number of aromatic nitrogens is 2. The number of nitrogens with zero attached hydrogens (tertiary/aromatic N) is 3. The summed E-state index contributed by atoms with van der Waals surface area (Å²) in [7, 11) is 0. The van der Waals surface area contributed by atoms with Gasteiger partial charge in [0, 0.05) is 12.7 Å². The summed E-state index contributed by atoms with van der Waals surface area (Å²) in [6.45, 7) is 2.58. The van der Waals surface area contributed by atoms with Gasteiger partial charge in [-0.1, -0.05) is 41.3 Å². The smallest absolute Gasteiger partial charge is 0.239 e. The second kappa shape index (κ2) is 6.89. The summed E-state index contributed by atoms with van der Waals surface area (Å²) in [4.78, 5) is 23.0. The maximum Gasteiger partial charge on any atom is 0.239 e. The number of rotatable bonds is 5. The molecule has 0 saturated heterocycles. The van der Waals surface area contributed by atoms with E-state index in [9.17, 15) is 4.79 Å². The molecule has 0 aliphatic carbocycles. The highest BCUT2D eigenvalue weighted by Crippen LogP contribution is 2.29. The van der Waals surface area contributed by atoms with Crippen molar-refractivity contribution in [2.24, 2.45) is 0 Å². The second-order valence-electron chi connectivity index (χ2n) is 4.56. The van der Waals surface area contributed by atoms with Crippen LogP contribution in [-0.2, 0) is 4.79 Å². The molecule has 1 amide bonds. The third-order valence-corrected chi connectivity index (χ3v) is 5.10. The summed E-state index contributed by atoms with van der Waals surface area (Å²) in [6.07, 6.45) is 1.73. The lowest BCUT2D eigenvalue weighted by molar-refractivity contribution is -0.116. The number of carbonyl (C=O) groups is 1. The van der Waals surface area contributed by atoms with Gasteiger partial charge < -0.3 is 0 Å². The van der Waals surface area contributed by atoms with Crippen molar-refractivity contribution >= 4 is 44.4 Å². The highest BCUT2D eigenvalue weighted by atomic mass is 32.2. The standard InChI is InChI=1S/C16H15N3OS2/c1-2-19(15(20)11-21-14-9-5-6-10-17-14)16-18-12-7-3-4-8-13(12)22-16/h3-10H,2,11H2,1H3. The fourth-order valence-corrected chi connectivity index (χ4v) is 3.82. The van der Waals surface area contributed by atoms with Crippen LogP contribution in [0, 0.1) is 0 Å². The Balaban J connectivity index is 1.74. The molecule has 0 aliphatic rings. The quantitative estimate of drug-likeness (QED) is 0.667. The van der Waals surface area contributed by atoms with E-state index in [0.717, 1.165) is 20.4 Å². The number of thioether (sulfide) groups is 1. The molecule has 0 N–H and O–H groups in total. The van der Waals surface area contributed by atoms with Gasteiger partial charge in [-0.25, -0.2) is 9.97 Å². The lowest BCUT2D eigenvalue weighted by Crippen LogP contribution is -2.32. The number of hydrogen-bond acceptors (Lipinski definition) is 5. The average molecular weight is 329 g/mol. The predicted octanol–water partition coefficient (Wildman–Crippen LogP) is 3.84. The van der Waals surface area contributed by atoms with Gasteiger partial charge in [-0.3, -0.25) is 9.69 Å². The summed E-state index contributed by atoms with van der Waals surface area (Å²) in [5.41, 5.74) is 0.936. The molecule has 0 radical (unpaired) electrons. The van der Waals surface area contributed by atoms with Crippen LogP contribution in [0.5, 0.6) is 0 Å². The van der Waals surface area contributed by atoms with E-state index in [1.165, 1.54) is 11.8 Å². The number of benzene rings is 1. The van der Waals surface area contributed by atoms with E-state index in [0.29, 0.717) is 12.3 Å². The molecule has 0 aliphatic heterocycles. The summed E-state index contributed by atoms with van der Waals surface area (Å²) in [5.74, 6) is 0.415. The SMILES string of the molecule is CCN(C(=O)CSc1ccccn1)c1nc2ccccc2s1. The van der Waals surface area contributed by atoms with Gasteiger partial charge in [0.1, 0.15) is 0 Å². The third-order valence-electron chi connectivity index (χ3n) is 3.11. The van der Waals surface area contributed by atoms with Gasteiger partial charge in [-0.2, -0.15) is 0 Å². The van der Waals surface area contributed by atoms with E-state index in [-0.39, 0.29) is 5.91 Å². The molecular formula is C16H15N3OS2. The van der Waals surface area contributed by atoms with Crippen LogP contribution in [0.15, 0.2) is 53.7 Å². The van der Waals surface area contributed by atoms with E-state index in [1.54, 1.807) is 22.4 Å². The number of fused-ring (bicyclic) bond motifs is 1. The van der Waals surface area contributed by atoms with Gasteiger partial charge in [0.2, 0.25) is 5.91 Å². The molecule has 2 heterocycles. The molecule has 112 valence electrons. The molecule has 0 unspecified atom stereocenters. The Kier molecular flexibility index (Phi) is 4.70. The van der Waals surface area contributed by atoms with Gasteiger partial charge in [-0.15, -0.1) is 0 Å². The molecule has 0 atom stereocenters. The lowest BCUT2D eigenvalue weighted by atomic mass is 10.3. The van der Waals surface area contributed by atoms with Crippen molar-refractivity contribution in [2.75, 3.05) is 17.2 Å². The summed E-state index contributed by atoms with van der Waals surface area (Å²) in [6, 6.07) is 13.6. The van der Waals surface area contributed by atoms with Crippen molar-refractivity contribution in [1.29, 1.82) is 0 Å². The predicted molar refractivity (Wildman–Crippen MR) is 92.6 cm³/mol. The highest BCUT2D eigenvalue weighted by Gasteiger charge is 2.18. The maximum atomic E-state index is 12.5. The minimum Gasteiger partial charge on any atom is -0.288 e. The zero-order chi connectivity index (χ0) is 15.4. The van der Waals surface area contributed by atoms with Crippen LogP contribution in [0.1, 0.15) is 6.92 Å². The molecule has 4 nitrogen and oxygen atoms in total. The molecule has 3 aromatic rings. The Morgan fingerprint density at radius 3 is 2.77 bits per heavy atom. The summed E-state index contributed by atoms with van der Waals surface area (Å²) in [5, 5.41) is 1.62. The lowest BCUT2D eigenvalue weighted by Gasteiger charge is -2.17. The molecule has 22 heavy (non-hydrogen) atoms. The first-order valence-electron chi connectivity index (χ1n) is 6.97. The fraction of sp³-hybridized carbons (Fsp3) is 0.188. The van der Waals surface area contributed by atoms with E-state index in [1.807, 2.05) is 49.4 Å². The number of hydrogen-bond donors (Lipinski definition) is 0. The number of para-hydroxylation sites is 1. The van der Waals surface area contributed by atoms with E-state index in [2.05, 4.69) is 9.97 Å². The molecular weight excluding hydrogens is 314 g/mol. The van der Waals surface area contributed by atoms with Crippen molar-refractivity contribution in [1.82, 2.24) is 9.97 Å². The topological polar surface area (TPSA) is 46.1 Å². The molecule has 3 rings (SSSR count). The van der Waals surface area contributed by atoms with Crippen LogP contribution in [0.3, 0.4) is 0 Å². The number of pyridine rings is 1. The molecule has 2 aromatic heterocycles. The largest absolute Gasteiger partial charge is 0.288 e. The number of anilines is 1. The number of thiazole rings is 1. The third kappa shape index (κ3) is 3.28. The van der Waals surface area contributed by atoms with Crippen molar-refractivity contribution < 1.29 is 4.79 Å². The van der Waals surface area contributed by atoms with Crippen LogP contribution in [0.25, 0.3) is 10.2 Å². The fourth-order valence-electron chi connectivity index (χ4n) is 2.04. The first-order valence-corrected chi connectivity index (χ1v) is 8.78. The first-order chi connectivity index (χ1) is 10.8. The second-order valence-corrected chi connectivity index (χ2v) is 6.56. The van der Waals surface area contributed by atoms with Crippen LogP contribution in [-0.4, -0.2) is 28.2 Å². The van der Waals surface area contributed by atoms with Crippen LogP contribution in [0.2, 0.25) is 0 Å². The average Bonchev–Trinajstić information content (AvgIpc) is 2.98. The maximum absolute atomic E-state index is 12.5. The van der Waals surface area contributed by atoms with E-state index in [4.69, 9.17) is 0 Å². The zero-order valence-corrected chi connectivity index (χ0v) is 13.7. The van der Waals surface area contributed by atoms with Crippen molar-refractivity contribution in [3.63, 3.8) is 0 Å². The number of carbonyl (C=O) groups excluding carboxylic acids is 1. The molecule has 0 fully saturated rings. The minimum absolute atomic E-state index is 0.0530. The molecule has 0 bridgehead atoms.